The predicted octanol–water partition coefficient (Wildman–Crippen LogP) is 4.36. The SMILES string of the molecule is CCCCCCCC(C)(C)Cl. The zero-order valence-electron chi connectivity index (χ0n) is 8.12. The van der Waals surface area contributed by atoms with E-state index in [0.29, 0.717) is 0 Å². The van der Waals surface area contributed by atoms with Gasteiger partial charge in [0.25, 0.3) is 0 Å². The number of halogens is 1. The average molecular weight is 177 g/mol. The molecular weight excluding hydrogens is 156 g/mol. The summed E-state index contributed by atoms with van der Waals surface area (Å²) in [5, 5.41) is 0. The maximum Gasteiger partial charge on any atom is 0.0390 e. The van der Waals surface area contributed by atoms with Crippen molar-refractivity contribution in [1.82, 2.24) is 0 Å². The first-order valence-corrected chi connectivity index (χ1v) is 5.13. The molecule has 11 heavy (non-hydrogen) atoms. The quantitative estimate of drug-likeness (QED) is 0.417. The summed E-state index contributed by atoms with van der Waals surface area (Å²) in [6.07, 6.45) is 7.87. The van der Waals surface area contributed by atoms with Crippen LogP contribution in [-0.4, -0.2) is 4.87 Å². The summed E-state index contributed by atoms with van der Waals surface area (Å²) in [6, 6.07) is 0. The lowest BCUT2D eigenvalue weighted by Crippen LogP contribution is -2.08. The first kappa shape index (κ1) is 11.3. The Morgan fingerprint density at radius 3 is 2.00 bits per heavy atom. The third kappa shape index (κ3) is 10.3. The highest BCUT2D eigenvalue weighted by Crippen LogP contribution is 2.21. The number of rotatable bonds is 6. The number of hydrogen-bond donors (Lipinski definition) is 0. The highest BCUT2D eigenvalue weighted by molar-refractivity contribution is 6.23. The van der Waals surface area contributed by atoms with Gasteiger partial charge in [0.1, 0.15) is 0 Å². The molecule has 0 bridgehead atoms. The smallest absolute Gasteiger partial charge is 0.0390 e. The Hall–Kier alpha value is 0.290. The summed E-state index contributed by atoms with van der Waals surface area (Å²) in [5.41, 5.74) is 0. The molecule has 1 heteroatoms. The fourth-order valence-corrected chi connectivity index (χ4v) is 1.28. The lowest BCUT2D eigenvalue weighted by atomic mass is 10.0. The molecule has 0 aromatic rings. The van der Waals surface area contributed by atoms with Crippen molar-refractivity contribution in [2.45, 2.75) is 64.2 Å². The van der Waals surface area contributed by atoms with Crippen molar-refractivity contribution in [3.05, 3.63) is 0 Å². The van der Waals surface area contributed by atoms with E-state index >= 15 is 0 Å². The van der Waals surface area contributed by atoms with Crippen molar-refractivity contribution in [3.8, 4) is 0 Å². The minimum absolute atomic E-state index is 0.0201. The molecular formula is C10H21Cl. The van der Waals surface area contributed by atoms with Crippen LogP contribution in [0.5, 0.6) is 0 Å². The maximum absolute atomic E-state index is 6.05. The van der Waals surface area contributed by atoms with E-state index in [1.165, 1.54) is 32.1 Å². The molecule has 0 aromatic heterocycles. The molecule has 0 amide bonds. The molecule has 0 atom stereocenters. The molecule has 0 rings (SSSR count). The van der Waals surface area contributed by atoms with Gasteiger partial charge in [0, 0.05) is 4.87 Å². The van der Waals surface area contributed by atoms with Crippen LogP contribution in [0.4, 0.5) is 0 Å². The van der Waals surface area contributed by atoms with Gasteiger partial charge in [-0.2, -0.15) is 0 Å². The van der Waals surface area contributed by atoms with Crippen LogP contribution in [0.1, 0.15) is 59.3 Å². The van der Waals surface area contributed by atoms with Gasteiger partial charge in [-0.15, -0.1) is 11.6 Å². The van der Waals surface area contributed by atoms with Crippen LogP contribution in [0.25, 0.3) is 0 Å². The van der Waals surface area contributed by atoms with Crippen LogP contribution in [0.15, 0.2) is 0 Å². The van der Waals surface area contributed by atoms with Crippen LogP contribution in [-0.2, 0) is 0 Å². The second kappa shape index (κ2) is 5.88. The fraction of sp³-hybridized carbons (Fsp3) is 1.00. The van der Waals surface area contributed by atoms with Gasteiger partial charge in [-0.3, -0.25) is 0 Å². The summed E-state index contributed by atoms with van der Waals surface area (Å²) in [5.74, 6) is 0. The molecule has 0 aliphatic carbocycles. The zero-order valence-corrected chi connectivity index (χ0v) is 8.88. The van der Waals surface area contributed by atoms with E-state index < -0.39 is 0 Å². The van der Waals surface area contributed by atoms with Crippen molar-refractivity contribution < 1.29 is 0 Å². The predicted molar refractivity (Wildman–Crippen MR) is 53.3 cm³/mol. The minimum Gasteiger partial charge on any atom is -0.120 e. The second-order valence-electron chi connectivity index (χ2n) is 3.88. The largest absolute Gasteiger partial charge is 0.120 e. The maximum atomic E-state index is 6.05. The van der Waals surface area contributed by atoms with E-state index in [4.69, 9.17) is 11.6 Å². The van der Waals surface area contributed by atoms with Crippen LogP contribution in [0, 0.1) is 0 Å². The number of unbranched alkanes of at least 4 members (excludes halogenated alkanes) is 4. The molecule has 0 N–H and O–H groups in total. The van der Waals surface area contributed by atoms with Crippen LogP contribution >= 0.6 is 11.6 Å². The monoisotopic (exact) mass is 176 g/mol. The minimum atomic E-state index is 0.0201. The van der Waals surface area contributed by atoms with Crippen molar-refractivity contribution in [2.24, 2.45) is 0 Å². The standard InChI is InChI=1S/C10H21Cl/c1-4-5-6-7-8-9-10(2,3)11/h4-9H2,1-3H3. The van der Waals surface area contributed by atoms with Crippen LogP contribution < -0.4 is 0 Å². The third-order valence-corrected chi connectivity index (χ3v) is 2.06. The van der Waals surface area contributed by atoms with E-state index in [1.54, 1.807) is 0 Å². The van der Waals surface area contributed by atoms with Crippen LogP contribution in [0.2, 0.25) is 0 Å². The average Bonchev–Trinajstić information content (AvgIpc) is 1.85. The Balaban J connectivity index is 3.02. The number of hydrogen-bond acceptors (Lipinski definition) is 0. The van der Waals surface area contributed by atoms with E-state index in [2.05, 4.69) is 20.8 Å². The molecule has 0 aliphatic heterocycles. The van der Waals surface area contributed by atoms with Crippen molar-refractivity contribution >= 4 is 11.6 Å². The van der Waals surface area contributed by atoms with Gasteiger partial charge >= 0.3 is 0 Å². The Kier molecular flexibility index (Phi) is 6.03. The lowest BCUT2D eigenvalue weighted by molar-refractivity contribution is 0.543. The van der Waals surface area contributed by atoms with E-state index in [1.807, 2.05) is 0 Å². The molecule has 0 saturated heterocycles. The summed E-state index contributed by atoms with van der Waals surface area (Å²) in [6.45, 7) is 6.42. The van der Waals surface area contributed by atoms with Gasteiger partial charge in [0.05, 0.1) is 0 Å². The van der Waals surface area contributed by atoms with Gasteiger partial charge in [0.15, 0.2) is 0 Å². The Morgan fingerprint density at radius 2 is 1.55 bits per heavy atom. The fourth-order valence-electron chi connectivity index (χ4n) is 1.15. The summed E-state index contributed by atoms with van der Waals surface area (Å²) in [7, 11) is 0. The van der Waals surface area contributed by atoms with Crippen LogP contribution in [0.3, 0.4) is 0 Å². The molecule has 0 radical (unpaired) electrons. The van der Waals surface area contributed by atoms with Gasteiger partial charge < -0.3 is 0 Å². The topological polar surface area (TPSA) is 0 Å². The third-order valence-electron chi connectivity index (χ3n) is 1.87. The Labute approximate surface area is 76.3 Å². The molecule has 0 heterocycles. The summed E-state index contributed by atoms with van der Waals surface area (Å²) < 4.78 is 0. The Bertz CT molecular complexity index is 81.4. The normalized spacial score (nSPS) is 12.0. The van der Waals surface area contributed by atoms with Crippen molar-refractivity contribution in [2.75, 3.05) is 0 Å². The molecule has 0 spiro atoms. The molecule has 0 fully saturated rings. The highest BCUT2D eigenvalue weighted by atomic mass is 35.5. The summed E-state index contributed by atoms with van der Waals surface area (Å²) in [4.78, 5) is 0.0201. The molecule has 0 unspecified atom stereocenters. The van der Waals surface area contributed by atoms with Gasteiger partial charge in [-0.05, 0) is 20.3 Å². The first-order valence-electron chi connectivity index (χ1n) is 4.75. The van der Waals surface area contributed by atoms with E-state index in [-0.39, 0.29) is 4.87 Å². The highest BCUT2D eigenvalue weighted by Gasteiger charge is 2.11. The molecule has 0 aromatic carbocycles. The summed E-state index contributed by atoms with van der Waals surface area (Å²) >= 11 is 6.05. The van der Waals surface area contributed by atoms with E-state index in [9.17, 15) is 0 Å². The lowest BCUT2D eigenvalue weighted by Gasteiger charge is -2.14. The second-order valence-corrected chi connectivity index (χ2v) is 4.91. The zero-order chi connectivity index (χ0) is 8.74. The molecule has 0 aliphatic rings. The van der Waals surface area contributed by atoms with Gasteiger partial charge in [0.2, 0.25) is 0 Å². The van der Waals surface area contributed by atoms with Gasteiger partial charge in [-0.25, -0.2) is 0 Å². The molecule has 68 valence electrons. The van der Waals surface area contributed by atoms with Gasteiger partial charge in [-0.1, -0.05) is 39.0 Å². The van der Waals surface area contributed by atoms with E-state index in [0.717, 1.165) is 6.42 Å². The Morgan fingerprint density at radius 1 is 1.00 bits per heavy atom. The van der Waals surface area contributed by atoms with Crippen molar-refractivity contribution in [1.29, 1.82) is 0 Å². The van der Waals surface area contributed by atoms with Crippen molar-refractivity contribution in [3.63, 3.8) is 0 Å². The first-order chi connectivity index (χ1) is 5.06. The molecule has 0 nitrogen and oxygen atoms in total. The molecule has 0 saturated carbocycles. The number of alkyl halides is 1.